The van der Waals surface area contributed by atoms with Gasteiger partial charge in [-0.15, -0.1) is 25.3 Å². The molecule has 2 rings (SSSR count). The highest BCUT2D eigenvalue weighted by Gasteiger charge is 2.00. The minimum atomic E-state index is 1.07. The molecule has 2 aromatic carbocycles. The SMILES string of the molecule is Sc1ccccc1CCCc1ccccc1S. The summed E-state index contributed by atoms with van der Waals surface area (Å²) in [6, 6.07) is 16.6. The molecule has 2 aromatic rings. The molecule has 0 aliphatic rings. The second-order valence-electron chi connectivity index (χ2n) is 4.11. The smallest absolute Gasteiger partial charge is 0.00720 e. The van der Waals surface area contributed by atoms with Crippen LogP contribution in [-0.4, -0.2) is 0 Å². The topological polar surface area (TPSA) is 0 Å². The highest BCUT2D eigenvalue weighted by Crippen LogP contribution is 2.18. The van der Waals surface area contributed by atoms with Crippen molar-refractivity contribution in [2.24, 2.45) is 0 Å². The van der Waals surface area contributed by atoms with Gasteiger partial charge in [-0.3, -0.25) is 0 Å². The monoisotopic (exact) mass is 260 g/mol. The van der Waals surface area contributed by atoms with Crippen molar-refractivity contribution in [3.05, 3.63) is 59.7 Å². The summed E-state index contributed by atoms with van der Waals surface area (Å²) in [4.78, 5) is 2.18. The number of hydrogen-bond donors (Lipinski definition) is 2. The summed E-state index contributed by atoms with van der Waals surface area (Å²) < 4.78 is 0. The molecule has 0 aliphatic heterocycles. The number of thiol groups is 2. The second-order valence-corrected chi connectivity index (χ2v) is 5.07. The first-order valence-electron chi connectivity index (χ1n) is 5.81. The molecule has 0 N–H and O–H groups in total. The molecule has 0 aliphatic carbocycles. The number of hydrogen-bond acceptors (Lipinski definition) is 2. The van der Waals surface area contributed by atoms with Gasteiger partial charge in [-0.05, 0) is 42.5 Å². The van der Waals surface area contributed by atoms with E-state index >= 15 is 0 Å². The maximum absolute atomic E-state index is 4.46. The lowest BCUT2D eigenvalue weighted by atomic mass is 10.0. The van der Waals surface area contributed by atoms with Crippen LogP contribution in [0.3, 0.4) is 0 Å². The van der Waals surface area contributed by atoms with Crippen molar-refractivity contribution >= 4 is 25.3 Å². The van der Waals surface area contributed by atoms with Crippen molar-refractivity contribution in [2.45, 2.75) is 29.1 Å². The number of aryl methyl sites for hydroxylation is 2. The van der Waals surface area contributed by atoms with E-state index in [2.05, 4.69) is 49.5 Å². The maximum Gasteiger partial charge on any atom is 0.00720 e. The Labute approximate surface area is 114 Å². The zero-order valence-electron chi connectivity index (χ0n) is 9.63. The Morgan fingerprint density at radius 3 is 1.47 bits per heavy atom. The Balaban J connectivity index is 1.93. The van der Waals surface area contributed by atoms with E-state index in [1.807, 2.05) is 24.3 Å². The van der Waals surface area contributed by atoms with E-state index in [9.17, 15) is 0 Å². The molecule has 2 heteroatoms. The van der Waals surface area contributed by atoms with Crippen LogP contribution in [0.15, 0.2) is 58.3 Å². The normalized spacial score (nSPS) is 10.5. The van der Waals surface area contributed by atoms with Crippen LogP contribution in [0, 0.1) is 0 Å². The molecule has 88 valence electrons. The Morgan fingerprint density at radius 2 is 1.06 bits per heavy atom. The molecule has 0 amide bonds. The zero-order valence-corrected chi connectivity index (χ0v) is 11.4. The van der Waals surface area contributed by atoms with E-state index < -0.39 is 0 Å². The fourth-order valence-electron chi connectivity index (χ4n) is 1.91. The fraction of sp³-hybridized carbons (Fsp3) is 0.200. The van der Waals surface area contributed by atoms with Crippen molar-refractivity contribution in [3.8, 4) is 0 Å². The lowest BCUT2D eigenvalue weighted by Gasteiger charge is -2.06. The maximum atomic E-state index is 4.46. The third-order valence-corrected chi connectivity index (χ3v) is 3.75. The summed E-state index contributed by atoms with van der Waals surface area (Å²) in [5.74, 6) is 0. The first-order valence-corrected chi connectivity index (χ1v) is 6.70. The van der Waals surface area contributed by atoms with E-state index in [4.69, 9.17) is 0 Å². The molecule has 0 saturated carbocycles. The molecular weight excluding hydrogens is 244 g/mol. The van der Waals surface area contributed by atoms with Gasteiger partial charge >= 0.3 is 0 Å². The molecule has 0 aromatic heterocycles. The summed E-state index contributed by atoms with van der Waals surface area (Å²) in [5, 5.41) is 0. The third-order valence-electron chi connectivity index (χ3n) is 2.88. The average molecular weight is 260 g/mol. The molecule has 0 radical (unpaired) electrons. The zero-order chi connectivity index (χ0) is 12.1. The molecule has 0 saturated heterocycles. The van der Waals surface area contributed by atoms with Gasteiger partial charge in [0.1, 0.15) is 0 Å². The van der Waals surface area contributed by atoms with Crippen molar-refractivity contribution in [2.75, 3.05) is 0 Å². The highest BCUT2D eigenvalue weighted by molar-refractivity contribution is 7.80. The quantitative estimate of drug-likeness (QED) is 0.746. The van der Waals surface area contributed by atoms with Gasteiger partial charge in [0, 0.05) is 9.79 Å². The summed E-state index contributed by atoms with van der Waals surface area (Å²) in [6.07, 6.45) is 3.28. The molecule has 0 bridgehead atoms. The minimum Gasteiger partial charge on any atom is -0.143 e. The summed E-state index contributed by atoms with van der Waals surface area (Å²) >= 11 is 8.93. The lowest BCUT2D eigenvalue weighted by molar-refractivity contribution is 0.799. The van der Waals surface area contributed by atoms with Crippen LogP contribution in [0.2, 0.25) is 0 Å². The van der Waals surface area contributed by atoms with Gasteiger partial charge in [-0.1, -0.05) is 36.4 Å². The Morgan fingerprint density at radius 1 is 0.647 bits per heavy atom. The molecule has 0 nitrogen and oxygen atoms in total. The van der Waals surface area contributed by atoms with Gasteiger partial charge in [0.15, 0.2) is 0 Å². The Bertz CT molecular complexity index is 446. The van der Waals surface area contributed by atoms with Gasteiger partial charge in [-0.25, -0.2) is 0 Å². The highest BCUT2D eigenvalue weighted by atomic mass is 32.1. The van der Waals surface area contributed by atoms with E-state index in [0.29, 0.717) is 0 Å². The van der Waals surface area contributed by atoms with Gasteiger partial charge in [-0.2, -0.15) is 0 Å². The standard InChI is InChI=1S/C15H16S2/c16-14-10-3-1-6-12(14)8-5-9-13-7-2-4-11-15(13)17/h1-4,6-7,10-11,16-17H,5,8-9H2. The van der Waals surface area contributed by atoms with Crippen molar-refractivity contribution < 1.29 is 0 Å². The van der Waals surface area contributed by atoms with Crippen molar-refractivity contribution in [1.29, 1.82) is 0 Å². The predicted octanol–water partition coefficient (Wildman–Crippen LogP) is 4.44. The fourth-order valence-corrected chi connectivity index (χ4v) is 2.46. The van der Waals surface area contributed by atoms with Crippen LogP contribution in [0.5, 0.6) is 0 Å². The Kier molecular flexibility index (Phi) is 4.57. The Hall–Kier alpha value is -0.860. The molecule has 0 fully saturated rings. The third kappa shape index (κ3) is 3.55. The number of rotatable bonds is 4. The van der Waals surface area contributed by atoms with Crippen LogP contribution in [0.1, 0.15) is 17.5 Å². The average Bonchev–Trinajstić information content (AvgIpc) is 2.34. The predicted molar refractivity (Wildman–Crippen MR) is 79.4 cm³/mol. The molecule has 0 atom stereocenters. The first-order chi connectivity index (χ1) is 8.27. The van der Waals surface area contributed by atoms with E-state index in [1.165, 1.54) is 11.1 Å². The summed E-state index contributed by atoms with van der Waals surface area (Å²) in [6.45, 7) is 0. The van der Waals surface area contributed by atoms with Crippen molar-refractivity contribution in [3.63, 3.8) is 0 Å². The van der Waals surface area contributed by atoms with Crippen LogP contribution in [0.4, 0.5) is 0 Å². The first kappa shape index (κ1) is 12.6. The van der Waals surface area contributed by atoms with E-state index in [1.54, 1.807) is 0 Å². The largest absolute Gasteiger partial charge is 0.143 e. The molecular formula is C15H16S2. The van der Waals surface area contributed by atoms with Crippen LogP contribution in [-0.2, 0) is 12.8 Å². The van der Waals surface area contributed by atoms with Crippen LogP contribution in [0.25, 0.3) is 0 Å². The lowest BCUT2D eigenvalue weighted by Crippen LogP contribution is -1.92. The van der Waals surface area contributed by atoms with Gasteiger partial charge in [0.05, 0.1) is 0 Å². The van der Waals surface area contributed by atoms with Crippen LogP contribution < -0.4 is 0 Å². The van der Waals surface area contributed by atoms with Gasteiger partial charge in [0.25, 0.3) is 0 Å². The molecule has 0 unspecified atom stereocenters. The summed E-state index contributed by atoms with van der Waals surface area (Å²) in [7, 11) is 0. The van der Waals surface area contributed by atoms with Gasteiger partial charge in [0.2, 0.25) is 0 Å². The van der Waals surface area contributed by atoms with Crippen molar-refractivity contribution in [1.82, 2.24) is 0 Å². The van der Waals surface area contributed by atoms with Gasteiger partial charge < -0.3 is 0 Å². The summed E-state index contributed by atoms with van der Waals surface area (Å²) in [5.41, 5.74) is 2.65. The van der Waals surface area contributed by atoms with Crippen LogP contribution >= 0.6 is 25.3 Å². The molecule has 0 heterocycles. The molecule has 0 spiro atoms. The molecule has 17 heavy (non-hydrogen) atoms. The van der Waals surface area contributed by atoms with E-state index in [-0.39, 0.29) is 0 Å². The van der Waals surface area contributed by atoms with E-state index in [0.717, 1.165) is 29.1 Å². The minimum absolute atomic E-state index is 1.07. The number of benzene rings is 2. The second kappa shape index (κ2) is 6.18.